The summed E-state index contributed by atoms with van der Waals surface area (Å²) in [6.45, 7) is 7.95. The Morgan fingerprint density at radius 3 is 2.52 bits per heavy atom. The molecule has 0 saturated carbocycles. The highest BCUT2D eigenvalue weighted by molar-refractivity contribution is 6.06. The second kappa shape index (κ2) is 10.3. The SMILES string of the molecule is O=C(C=CN1CCOCC1)c1ccc(OCCCN2CCOCC2)cc1O. The van der Waals surface area contributed by atoms with Crippen LogP contribution in [-0.4, -0.2) is 86.4 Å². The molecular weight excluding hydrogens is 348 g/mol. The number of allylic oxidation sites excluding steroid dienone is 1. The van der Waals surface area contributed by atoms with Crippen LogP contribution in [0.15, 0.2) is 30.5 Å². The van der Waals surface area contributed by atoms with E-state index >= 15 is 0 Å². The van der Waals surface area contributed by atoms with E-state index in [1.54, 1.807) is 18.3 Å². The fourth-order valence-electron chi connectivity index (χ4n) is 3.10. The van der Waals surface area contributed by atoms with Gasteiger partial charge in [0, 0.05) is 51.1 Å². The third-order valence-corrected chi connectivity index (χ3v) is 4.71. The molecular formula is C20H28N2O5. The highest BCUT2D eigenvalue weighted by Gasteiger charge is 2.12. The van der Waals surface area contributed by atoms with E-state index in [2.05, 4.69) is 4.90 Å². The zero-order chi connectivity index (χ0) is 18.9. The van der Waals surface area contributed by atoms with Crippen LogP contribution in [0.3, 0.4) is 0 Å². The maximum atomic E-state index is 12.3. The van der Waals surface area contributed by atoms with Gasteiger partial charge in [-0.2, -0.15) is 0 Å². The summed E-state index contributed by atoms with van der Waals surface area (Å²) in [5.41, 5.74) is 0.278. The molecule has 1 aromatic rings. The van der Waals surface area contributed by atoms with Crippen LogP contribution in [0.1, 0.15) is 16.8 Å². The van der Waals surface area contributed by atoms with Crippen molar-refractivity contribution < 1.29 is 24.1 Å². The molecule has 2 aliphatic heterocycles. The molecule has 0 aromatic heterocycles. The van der Waals surface area contributed by atoms with Gasteiger partial charge in [-0.3, -0.25) is 9.69 Å². The van der Waals surface area contributed by atoms with Crippen molar-refractivity contribution in [3.8, 4) is 11.5 Å². The van der Waals surface area contributed by atoms with Crippen LogP contribution in [0.25, 0.3) is 0 Å². The molecule has 2 aliphatic rings. The number of rotatable bonds is 8. The van der Waals surface area contributed by atoms with Crippen molar-refractivity contribution >= 4 is 5.78 Å². The van der Waals surface area contributed by atoms with E-state index in [9.17, 15) is 9.90 Å². The van der Waals surface area contributed by atoms with E-state index in [0.29, 0.717) is 25.6 Å². The second-order valence-corrected chi connectivity index (χ2v) is 6.66. The number of hydrogen-bond donors (Lipinski definition) is 1. The summed E-state index contributed by atoms with van der Waals surface area (Å²) in [4.78, 5) is 16.7. The van der Waals surface area contributed by atoms with Gasteiger partial charge in [0.05, 0.1) is 38.6 Å². The topological polar surface area (TPSA) is 71.5 Å². The Hall–Kier alpha value is -2.09. The molecule has 27 heavy (non-hydrogen) atoms. The Labute approximate surface area is 160 Å². The lowest BCUT2D eigenvalue weighted by atomic mass is 10.1. The molecule has 0 aliphatic carbocycles. The van der Waals surface area contributed by atoms with Crippen LogP contribution in [0.4, 0.5) is 0 Å². The lowest BCUT2D eigenvalue weighted by Gasteiger charge is -2.26. The van der Waals surface area contributed by atoms with Crippen molar-refractivity contribution in [2.45, 2.75) is 6.42 Å². The van der Waals surface area contributed by atoms with Crippen molar-refractivity contribution in [2.75, 3.05) is 65.8 Å². The minimum absolute atomic E-state index is 0.0580. The first-order valence-corrected chi connectivity index (χ1v) is 9.52. The van der Waals surface area contributed by atoms with Crippen molar-refractivity contribution in [2.24, 2.45) is 0 Å². The number of aromatic hydroxyl groups is 1. The molecule has 2 fully saturated rings. The first kappa shape index (κ1) is 19.7. The number of carbonyl (C=O) groups is 1. The van der Waals surface area contributed by atoms with Crippen LogP contribution < -0.4 is 4.74 Å². The largest absolute Gasteiger partial charge is 0.507 e. The predicted octanol–water partition coefficient (Wildman–Crippen LogP) is 1.52. The maximum absolute atomic E-state index is 12.3. The van der Waals surface area contributed by atoms with E-state index in [0.717, 1.165) is 52.4 Å². The first-order valence-electron chi connectivity index (χ1n) is 9.52. The van der Waals surface area contributed by atoms with Gasteiger partial charge in [0.2, 0.25) is 0 Å². The summed E-state index contributed by atoms with van der Waals surface area (Å²) in [5, 5.41) is 10.2. The molecule has 0 amide bonds. The van der Waals surface area contributed by atoms with Gasteiger partial charge in [0.15, 0.2) is 5.78 Å². The number of phenolic OH excluding ortho intramolecular Hbond substituents is 1. The molecule has 3 rings (SSSR count). The third kappa shape index (κ3) is 6.23. The van der Waals surface area contributed by atoms with Gasteiger partial charge < -0.3 is 24.2 Å². The summed E-state index contributed by atoms with van der Waals surface area (Å²) in [6.07, 6.45) is 4.16. The molecule has 2 heterocycles. The molecule has 2 saturated heterocycles. The van der Waals surface area contributed by atoms with Crippen LogP contribution in [0, 0.1) is 0 Å². The minimum Gasteiger partial charge on any atom is -0.507 e. The molecule has 1 N–H and O–H groups in total. The van der Waals surface area contributed by atoms with E-state index in [1.807, 2.05) is 4.90 Å². The van der Waals surface area contributed by atoms with Crippen molar-refractivity contribution in [1.82, 2.24) is 9.80 Å². The third-order valence-electron chi connectivity index (χ3n) is 4.71. The standard InChI is InChI=1S/C20H28N2O5/c23-19(4-6-22-9-14-26-15-10-22)18-3-2-17(16-20(18)24)27-11-1-5-21-7-12-25-13-8-21/h2-4,6,16,24H,1,5,7-15H2. The highest BCUT2D eigenvalue weighted by Crippen LogP contribution is 2.24. The number of benzene rings is 1. The molecule has 0 spiro atoms. The summed E-state index contributed by atoms with van der Waals surface area (Å²) in [6, 6.07) is 4.84. The fraction of sp³-hybridized carbons (Fsp3) is 0.550. The Morgan fingerprint density at radius 1 is 1.11 bits per heavy atom. The van der Waals surface area contributed by atoms with Crippen LogP contribution >= 0.6 is 0 Å². The summed E-state index contributed by atoms with van der Waals surface area (Å²) in [5.74, 6) is 0.290. The number of ether oxygens (including phenoxy) is 3. The maximum Gasteiger partial charge on any atom is 0.190 e. The monoisotopic (exact) mass is 376 g/mol. The normalized spacial score (nSPS) is 18.7. The van der Waals surface area contributed by atoms with E-state index < -0.39 is 0 Å². The lowest BCUT2D eigenvalue weighted by Crippen LogP contribution is -2.37. The van der Waals surface area contributed by atoms with Crippen molar-refractivity contribution in [1.29, 1.82) is 0 Å². The van der Waals surface area contributed by atoms with Gasteiger partial charge in [-0.1, -0.05) is 0 Å². The van der Waals surface area contributed by atoms with E-state index in [4.69, 9.17) is 14.2 Å². The zero-order valence-corrected chi connectivity index (χ0v) is 15.6. The number of carbonyl (C=O) groups excluding carboxylic acids is 1. The van der Waals surface area contributed by atoms with Gasteiger partial charge in [-0.25, -0.2) is 0 Å². The van der Waals surface area contributed by atoms with Crippen LogP contribution in [-0.2, 0) is 9.47 Å². The van der Waals surface area contributed by atoms with Crippen molar-refractivity contribution in [3.05, 3.63) is 36.0 Å². The van der Waals surface area contributed by atoms with Crippen molar-refractivity contribution in [3.63, 3.8) is 0 Å². The Morgan fingerprint density at radius 2 is 1.81 bits per heavy atom. The van der Waals surface area contributed by atoms with Gasteiger partial charge in [0.1, 0.15) is 11.5 Å². The summed E-state index contributed by atoms with van der Waals surface area (Å²) in [7, 11) is 0. The number of nitrogens with zero attached hydrogens (tertiary/aromatic N) is 2. The Balaban J connectivity index is 1.44. The van der Waals surface area contributed by atoms with E-state index in [-0.39, 0.29) is 17.1 Å². The average molecular weight is 376 g/mol. The quantitative estimate of drug-likeness (QED) is 0.419. The Bertz CT molecular complexity index is 637. The van der Waals surface area contributed by atoms with Gasteiger partial charge in [0.25, 0.3) is 0 Å². The number of morpholine rings is 2. The van der Waals surface area contributed by atoms with Crippen LogP contribution in [0.5, 0.6) is 11.5 Å². The molecule has 148 valence electrons. The van der Waals surface area contributed by atoms with Gasteiger partial charge in [-0.05, 0) is 18.6 Å². The Kier molecular flexibility index (Phi) is 7.50. The number of hydrogen-bond acceptors (Lipinski definition) is 7. The molecule has 0 unspecified atom stereocenters. The fourth-order valence-corrected chi connectivity index (χ4v) is 3.10. The molecule has 0 radical (unpaired) electrons. The molecule has 7 heteroatoms. The minimum atomic E-state index is -0.224. The van der Waals surface area contributed by atoms with Gasteiger partial charge >= 0.3 is 0 Å². The summed E-state index contributed by atoms with van der Waals surface area (Å²) < 4.78 is 16.3. The lowest BCUT2D eigenvalue weighted by molar-refractivity contribution is 0.0358. The average Bonchev–Trinajstić information content (AvgIpc) is 2.71. The number of ketones is 1. The summed E-state index contributed by atoms with van der Waals surface area (Å²) >= 11 is 0. The highest BCUT2D eigenvalue weighted by atomic mass is 16.5. The predicted molar refractivity (Wildman–Crippen MR) is 101 cm³/mol. The van der Waals surface area contributed by atoms with Crippen LogP contribution in [0.2, 0.25) is 0 Å². The molecule has 1 aromatic carbocycles. The number of phenols is 1. The van der Waals surface area contributed by atoms with Gasteiger partial charge in [-0.15, -0.1) is 0 Å². The smallest absolute Gasteiger partial charge is 0.190 e. The second-order valence-electron chi connectivity index (χ2n) is 6.66. The molecule has 0 atom stereocenters. The molecule has 7 nitrogen and oxygen atoms in total. The first-order chi connectivity index (χ1) is 13.2. The zero-order valence-electron chi connectivity index (χ0n) is 15.6. The van der Waals surface area contributed by atoms with E-state index in [1.165, 1.54) is 12.1 Å². The molecule has 0 bridgehead atoms.